The van der Waals surface area contributed by atoms with Crippen LogP contribution in [0.1, 0.15) is 29.5 Å². The van der Waals surface area contributed by atoms with Crippen molar-refractivity contribution in [3.05, 3.63) is 35.9 Å². The Kier molecular flexibility index (Phi) is 3.50. The van der Waals surface area contributed by atoms with Crippen LogP contribution in [0.3, 0.4) is 0 Å². The Morgan fingerprint density at radius 2 is 2.29 bits per heavy atom. The van der Waals surface area contributed by atoms with Crippen LogP contribution in [0.5, 0.6) is 0 Å². The third-order valence-electron chi connectivity index (χ3n) is 2.85. The molecule has 0 atom stereocenters. The van der Waals surface area contributed by atoms with E-state index >= 15 is 0 Å². The number of hydrogen-bond acceptors (Lipinski definition) is 5. The van der Waals surface area contributed by atoms with Gasteiger partial charge in [-0.1, -0.05) is 13.3 Å². The number of nitrogens with zero attached hydrogens (tertiary/aromatic N) is 3. The van der Waals surface area contributed by atoms with Crippen molar-refractivity contribution >= 4 is 11.9 Å². The molecule has 108 valence electrons. The van der Waals surface area contributed by atoms with Gasteiger partial charge in [-0.3, -0.25) is 20.3 Å². The van der Waals surface area contributed by atoms with Gasteiger partial charge in [0, 0.05) is 5.69 Å². The van der Waals surface area contributed by atoms with E-state index in [1.54, 1.807) is 18.2 Å². The monoisotopic (exact) mass is 286 g/mol. The molecule has 8 heteroatoms. The van der Waals surface area contributed by atoms with Gasteiger partial charge in [0.05, 0.1) is 6.26 Å². The fourth-order valence-corrected chi connectivity index (χ4v) is 1.88. The maximum atomic E-state index is 12.0. The van der Waals surface area contributed by atoms with E-state index in [9.17, 15) is 4.79 Å². The summed E-state index contributed by atoms with van der Waals surface area (Å²) < 4.78 is 5.19. The SMILES string of the molecule is CCCc1cc(C(=O)Nc2n[nH]c(-c3ccco3)n2)n[nH]1. The highest BCUT2D eigenvalue weighted by Gasteiger charge is 2.14. The third-order valence-corrected chi connectivity index (χ3v) is 2.85. The standard InChI is InChI=1S/C13H14N6O2/c1-2-4-8-7-9(17-16-8)12(20)15-13-14-11(18-19-13)10-5-3-6-21-10/h3,5-7H,2,4H2,1H3,(H,16,17)(H2,14,15,18,19,20). The van der Waals surface area contributed by atoms with Crippen LogP contribution in [-0.4, -0.2) is 31.3 Å². The van der Waals surface area contributed by atoms with E-state index in [1.807, 2.05) is 0 Å². The lowest BCUT2D eigenvalue weighted by Gasteiger charge is -1.95. The maximum Gasteiger partial charge on any atom is 0.278 e. The molecule has 0 unspecified atom stereocenters. The summed E-state index contributed by atoms with van der Waals surface area (Å²) in [6, 6.07) is 5.21. The first-order valence-corrected chi connectivity index (χ1v) is 6.58. The zero-order valence-electron chi connectivity index (χ0n) is 11.4. The molecular formula is C13H14N6O2. The topological polar surface area (TPSA) is 112 Å². The summed E-state index contributed by atoms with van der Waals surface area (Å²) in [6.45, 7) is 2.06. The van der Waals surface area contributed by atoms with Gasteiger partial charge in [0.15, 0.2) is 17.3 Å². The number of carbonyl (C=O) groups excluding carboxylic acids is 1. The molecule has 0 spiro atoms. The molecule has 0 saturated heterocycles. The number of nitrogens with one attached hydrogen (secondary N) is 3. The molecule has 3 aromatic heterocycles. The lowest BCUT2D eigenvalue weighted by Crippen LogP contribution is -2.13. The minimum Gasteiger partial charge on any atom is -0.461 e. The molecule has 0 bridgehead atoms. The molecule has 3 N–H and O–H groups in total. The molecule has 0 aliphatic carbocycles. The number of furan rings is 1. The van der Waals surface area contributed by atoms with Crippen LogP contribution in [0.2, 0.25) is 0 Å². The van der Waals surface area contributed by atoms with E-state index in [-0.39, 0.29) is 11.9 Å². The lowest BCUT2D eigenvalue weighted by atomic mass is 10.2. The summed E-state index contributed by atoms with van der Waals surface area (Å²) in [5, 5.41) is 16.0. The van der Waals surface area contributed by atoms with Crippen molar-refractivity contribution < 1.29 is 9.21 Å². The zero-order valence-corrected chi connectivity index (χ0v) is 11.4. The number of H-pyrrole nitrogens is 2. The van der Waals surface area contributed by atoms with Gasteiger partial charge >= 0.3 is 0 Å². The van der Waals surface area contributed by atoms with Crippen molar-refractivity contribution in [2.24, 2.45) is 0 Å². The molecule has 8 nitrogen and oxygen atoms in total. The summed E-state index contributed by atoms with van der Waals surface area (Å²) in [4.78, 5) is 16.1. The normalized spacial score (nSPS) is 10.7. The van der Waals surface area contributed by atoms with Crippen molar-refractivity contribution in [1.29, 1.82) is 0 Å². The smallest absolute Gasteiger partial charge is 0.278 e. The van der Waals surface area contributed by atoms with Gasteiger partial charge in [-0.2, -0.15) is 10.1 Å². The highest BCUT2D eigenvalue weighted by molar-refractivity contribution is 6.01. The number of aromatic nitrogens is 5. The van der Waals surface area contributed by atoms with Crippen LogP contribution in [0.4, 0.5) is 5.95 Å². The van der Waals surface area contributed by atoms with Crippen LogP contribution >= 0.6 is 0 Å². The van der Waals surface area contributed by atoms with Crippen LogP contribution in [0.15, 0.2) is 28.9 Å². The van der Waals surface area contributed by atoms with Gasteiger partial charge in [-0.15, -0.1) is 5.10 Å². The molecule has 3 rings (SSSR count). The summed E-state index contributed by atoms with van der Waals surface area (Å²) in [7, 11) is 0. The van der Waals surface area contributed by atoms with Crippen molar-refractivity contribution in [3.63, 3.8) is 0 Å². The van der Waals surface area contributed by atoms with Gasteiger partial charge in [0.25, 0.3) is 5.91 Å². The largest absolute Gasteiger partial charge is 0.461 e. The van der Waals surface area contributed by atoms with Crippen molar-refractivity contribution in [2.75, 3.05) is 5.32 Å². The van der Waals surface area contributed by atoms with Crippen LogP contribution < -0.4 is 5.32 Å². The van der Waals surface area contributed by atoms with Gasteiger partial charge in [0.2, 0.25) is 5.95 Å². The Labute approximate surface area is 120 Å². The van der Waals surface area contributed by atoms with Gasteiger partial charge < -0.3 is 4.42 Å². The molecule has 3 aromatic rings. The average molecular weight is 286 g/mol. The van der Waals surface area contributed by atoms with E-state index in [1.165, 1.54) is 6.26 Å². The third kappa shape index (κ3) is 2.83. The number of aryl methyl sites for hydroxylation is 1. The lowest BCUT2D eigenvalue weighted by molar-refractivity contribution is 0.102. The fourth-order valence-electron chi connectivity index (χ4n) is 1.88. The summed E-state index contributed by atoms with van der Waals surface area (Å²) in [6.07, 6.45) is 3.37. The van der Waals surface area contributed by atoms with Crippen LogP contribution in [0.25, 0.3) is 11.6 Å². The van der Waals surface area contributed by atoms with E-state index in [0.29, 0.717) is 17.3 Å². The van der Waals surface area contributed by atoms with Crippen molar-refractivity contribution in [1.82, 2.24) is 25.4 Å². The van der Waals surface area contributed by atoms with Gasteiger partial charge in [-0.25, -0.2) is 0 Å². The number of aromatic amines is 2. The predicted molar refractivity (Wildman–Crippen MR) is 74.6 cm³/mol. The average Bonchev–Trinajstić information content (AvgIpc) is 3.20. The van der Waals surface area contributed by atoms with Crippen molar-refractivity contribution in [3.8, 4) is 11.6 Å². The van der Waals surface area contributed by atoms with E-state index < -0.39 is 0 Å². The molecule has 21 heavy (non-hydrogen) atoms. The Bertz CT molecular complexity index is 728. The summed E-state index contributed by atoms with van der Waals surface area (Å²) >= 11 is 0. The first-order valence-electron chi connectivity index (χ1n) is 6.58. The molecular weight excluding hydrogens is 272 g/mol. The Balaban J connectivity index is 1.69. The predicted octanol–water partition coefficient (Wildman–Crippen LogP) is 1.99. The second-order valence-electron chi connectivity index (χ2n) is 4.47. The number of amides is 1. The number of rotatable bonds is 5. The minimum atomic E-state index is -0.362. The second-order valence-corrected chi connectivity index (χ2v) is 4.47. The quantitative estimate of drug-likeness (QED) is 0.664. The molecule has 0 aliphatic rings. The molecule has 0 aromatic carbocycles. The van der Waals surface area contributed by atoms with Gasteiger partial charge in [-0.05, 0) is 24.6 Å². The minimum absolute atomic E-state index is 0.173. The highest BCUT2D eigenvalue weighted by atomic mass is 16.3. The second kappa shape index (κ2) is 5.61. The van der Waals surface area contributed by atoms with Crippen molar-refractivity contribution in [2.45, 2.75) is 19.8 Å². The van der Waals surface area contributed by atoms with E-state index in [0.717, 1.165) is 18.5 Å². The number of hydrogen-bond donors (Lipinski definition) is 3. The van der Waals surface area contributed by atoms with Crippen LogP contribution in [0, 0.1) is 0 Å². The summed E-state index contributed by atoms with van der Waals surface area (Å²) in [5.41, 5.74) is 1.23. The first kappa shape index (κ1) is 13.1. The van der Waals surface area contributed by atoms with Crippen LogP contribution in [-0.2, 0) is 6.42 Å². The molecule has 0 saturated carbocycles. The zero-order chi connectivity index (χ0) is 14.7. The summed E-state index contributed by atoms with van der Waals surface area (Å²) in [5.74, 6) is 0.807. The molecule has 0 radical (unpaired) electrons. The Morgan fingerprint density at radius 1 is 1.38 bits per heavy atom. The Hall–Kier alpha value is -2.90. The number of carbonyl (C=O) groups is 1. The van der Waals surface area contributed by atoms with Gasteiger partial charge in [0.1, 0.15) is 0 Å². The van der Waals surface area contributed by atoms with E-state index in [2.05, 4.69) is 37.6 Å². The fraction of sp³-hybridized carbons (Fsp3) is 0.231. The molecule has 0 aliphatic heterocycles. The molecule has 1 amide bonds. The van der Waals surface area contributed by atoms with E-state index in [4.69, 9.17) is 4.42 Å². The first-order chi connectivity index (χ1) is 10.3. The molecule has 3 heterocycles. The molecule has 0 fully saturated rings. The maximum absolute atomic E-state index is 12.0. The Morgan fingerprint density at radius 3 is 3.05 bits per heavy atom. The highest BCUT2D eigenvalue weighted by Crippen LogP contribution is 2.16. The number of anilines is 1.